The molecule has 3 aromatic heterocycles. The van der Waals surface area contributed by atoms with Gasteiger partial charge >= 0.3 is 0 Å². The lowest BCUT2D eigenvalue weighted by molar-refractivity contribution is 0.415. The van der Waals surface area contributed by atoms with E-state index >= 15 is 0 Å². The van der Waals surface area contributed by atoms with Gasteiger partial charge in [-0.2, -0.15) is 0 Å². The van der Waals surface area contributed by atoms with E-state index in [-0.39, 0.29) is 0 Å². The molecule has 0 aliphatic heterocycles. The lowest BCUT2D eigenvalue weighted by Gasteiger charge is -2.15. The molecule has 7 nitrogen and oxygen atoms in total. The molecule has 0 N–H and O–H groups in total. The third-order valence-corrected chi connectivity index (χ3v) is 12.0. The minimum atomic E-state index is 0.576. The number of ether oxygens (including phenoxy) is 1. The lowest BCUT2D eigenvalue weighted by Crippen LogP contribution is -2.00. The van der Waals surface area contributed by atoms with Crippen LogP contribution in [-0.4, -0.2) is 31.6 Å². The van der Waals surface area contributed by atoms with Crippen LogP contribution in [0.4, 0.5) is 0 Å². The largest absolute Gasteiger partial charge is 0.495 e. The van der Waals surface area contributed by atoms with Gasteiger partial charge in [-0.3, -0.25) is 4.57 Å². The minimum Gasteiger partial charge on any atom is -0.495 e. The van der Waals surface area contributed by atoms with Crippen molar-refractivity contribution >= 4 is 38.5 Å². The van der Waals surface area contributed by atoms with E-state index in [0.717, 1.165) is 106 Å². The van der Waals surface area contributed by atoms with Crippen LogP contribution in [0.1, 0.15) is 19.4 Å². The second-order valence-corrected chi connectivity index (χ2v) is 16.2. The summed E-state index contributed by atoms with van der Waals surface area (Å²) in [7, 11) is 1.69. The van der Waals surface area contributed by atoms with Gasteiger partial charge in [0.2, 0.25) is 0 Å². The first-order valence-electron chi connectivity index (χ1n) is 22.5. The summed E-state index contributed by atoms with van der Waals surface area (Å²) < 4.78 is 14.6. The molecule has 0 fully saturated rings. The number of benzene rings is 8. The van der Waals surface area contributed by atoms with Gasteiger partial charge < -0.3 is 9.15 Å². The van der Waals surface area contributed by atoms with Gasteiger partial charge in [0.15, 0.2) is 17.5 Å². The van der Waals surface area contributed by atoms with Crippen LogP contribution < -0.4 is 4.74 Å². The highest BCUT2D eigenvalue weighted by molar-refractivity contribution is 6.13. The SMILES string of the molecule is C/C=C\C.C=CC(=C)c1cccc(-c2ccc(-n3c(-c4cccc(-c5ccc6oc7cccc(-c8nc(-c9ccccc9)nc(-c9ccccc9)n8)c7c6c5)c4)nc4ccccc43)cc2)c1OC. The van der Waals surface area contributed by atoms with Crippen molar-refractivity contribution in [3.05, 3.63) is 225 Å². The number of furan rings is 1. The van der Waals surface area contributed by atoms with Gasteiger partial charge in [0.05, 0.1) is 18.1 Å². The fourth-order valence-corrected chi connectivity index (χ4v) is 8.58. The van der Waals surface area contributed by atoms with Crippen molar-refractivity contribution < 1.29 is 9.15 Å². The highest BCUT2D eigenvalue weighted by atomic mass is 16.5. The van der Waals surface area contributed by atoms with Crippen LogP contribution in [0.25, 0.3) is 112 Å². The number of aromatic nitrogens is 5. The Labute approximate surface area is 395 Å². The van der Waals surface area contributed by atoms with E-state index in [1.165, 1.54) is 0 Å². The fourth-order valence-electron chi connectivity index (χ4n) is 8.58. The predicted molar refractivity (Wildman–Crippen MR) is 281 cm³/mol. The zero-order chi connectivity index (χ0) is 46.6. The first-order chi connectivity index (χ1) is 33.5. The number of nitrogens with zero attached hydrogens (tertiary/aromatic N) is 5. The number of fused-ring (bicyclic) bond motifs is 4. The van der Waals surface area contributed by atoms with Crippen LogP contribution in [0.15, 0.2) is 224 Å². The average molecular weight is 882 g/mol. The molecule has 0 aliphatic rings. The van der Waals surface area contributed by atoms with Gasteiger partial charge in [-0.05, 0) is 84.6 Å². The summed E-state index contributed by atoms with van der Waals surface area (Å²) >= 11 is 0. The molecule has 0 atom stereocenters. The number of allylic oxidation sites excluding steroid dienone is 4. The Bertz CT molecular complexity index is 3600. The van der Waals surface area contributed by atoms with Crippen molar-refractivity contribution in [3.63, 3.8) is 0 Å². The Morgan fingerprint density at radius 3 is 1.81 bits per heavy atom. The number of hydrogen-bond donors (Lipinski definition) is 0. The molecule has 0 unspecified atom stereocenters. The van der Waals surface area contributed by atoms with Crippen molar-refractivity contribution in [2.45, 2.75) is 13.8 Å². The topological polar surface area (TPSA) is 78.9 Å². The van der Waals surface area contributed by atoms with Crippen LogP contribution in [0.5, 0.6) is 5.75 Å². The molecule has 68 heavy (non-hydrogen) atoms. The number of para-hydroxylation sites is 3. The molecule has 11 rings (SSSR count). The van der Waals surface area contributed by atoms with E-state index in [1.54, 1.807) is 13.2 Å². The van der Waals surface area contributed by atoms with Gasteiger partial charge in [0.25, 0.3) is 0 Å². The van der Waals surface area contributed by atoms with Crippen LogP contribution in [0.3, 0.4) is 0 Å². The molecule has 0 aliphatic carbocycles. The maximum absolute atomic E-state index is 6.50. The Morgan fingerprint density at radius 2 is 1.12 bits per heavy atom. The molecule has 11 aromatic rings. The Hall–Kier alpha value is -8.94. The van der Waals surface area contributed by atoms with Gasteiger partial charge in [0.1, 0.15) is 22.7 Å². The van der Waals surface area contributed by atoms with Gasteiger partial charge in [-0.25, -0.2) is 19.9 Å². The summed E-state index contributed by atoms with van der Waals surface area (Å²) in [5, 5.41) is 1.92. The molecule has 328 valence electrons. The first kappa shape index (κ1) is 43.0. The zero-order valence-corrected chi connectivity index (χ0v) is 38.1. The summed E-state index contributed by atoms with van der Waals surface area (Å²) in [6.07, 6.45) is 5.75. The smallest absolute Gasteiger partial charge is 0.164 e. The second kappa shape index (κ2) is 18.9. The molecule has 3 heterocycles. The molecule has 0 bridgehead atoms. The Kier molecular flexibility index (Phi) is 11.9. The summed E-state index contributed by atoms with van der Waals surface area (Å²) in [4.78, 5) is 20.3. The fraction of sp³-hybridized carbons (Fsp3) is 0.0492. The van der Waals surface area contributed by atoms with Crippen molar-refractivity contribution in [3.8, 4) is 79.2 Å². The molecular formula is C61H47N5O2. The maximum atomic E-state index is 6.50. The van der Waals surface area contributed by atoms with E-state index in [9.17, 15) is 0 Å². The molecular weight excluding hydrogens is 835 g/mol. The van der Waals surface area contributed by atoms with Gasteiger partial charge in [0, 0.05) is 49.8 Å². The summed E-state index contributed by atoms with van der Waals surface area (Å²) in [6.45, 7) is 12.1. The zero-order valence-electron chi connectivity index (χ0n) is 38.1. The lowest BCUT2D eigenvalue weighted by atomic mass is 9.97. The molecule has 7 heteroatoms. The van der Waals surface area contributed by atoms with Crippen LogP contribution in [0, 0.1) is 0 Å². The minimum absolute atomic E-state index is 0.576. The number of methoxy groups -OCH3 is 1. The van der Waals surface area contributed by atoms with Crippen LogP contribution in [0.2, 0.25) is 0 Å². The Morgan fingerprint density at radius 1 is 0.529 bits per heavy atom. The molecule has 0 amide bonds. The van der Waals surface area contributed by atoms with Crippen molar-refractivity contribution in [2.75, 3.05) is 7.11 Å². The highest BCUT2D eigenvalue weighted by Crippen LogP contribution is 2.41. The highest BCUT2D eigenvalue weighted by Gasteiger charge is 2.20. The van der Waals surface area contributed by atoms with Crippen molar-refractivity contribution in [1.82, 2.24) is 24.5 Å². The van der Waals surface area contributed by atoms with Gasteiger partial charge in [-0.1, -0.05) is 171 Å². The summed E-state index contributed by atoms with van der Waals surface area (Å²) in [5.41, 5.74) is 14.0. The monoisotopic (exact) mass is 881 g/mol. The molecule has 0 radical (unpaired) electrons. The van der Waals surface area contributed by atoms with Crippen LogP contribution >= 0.6 is 0 Å². The predicted octanol–water partition coefficient (Wildman–Crippen LogP) is 15.9. The standard InChI is InChI=1S/C57H39N5O2.C4H8/c1-4-36(2)44-22-14-23-45(53(44)63-3)37-28-31-43(32-29-37)62-49-26-12-11-25-48(49)58-57(62)42-21-13-20-40(34-42)41-30-33-50-47(35-41)52-46(24-15-27-51(52)64-50)56-60-54(38-16-7-5-8-17-38)59-55(61-56)39-18-9-6-10-19-39;1-3-4-2/h4-35H,1-2H2,3H3;3-4H,1-2H3/b;4-3-. The van der Waals surface area contributed by atoms with E-state index < -0.39 is 0 Å². The molecule has 0 saturated carbocycles. The summed E-state index contributed by atoms with van der Waals surface area (Å²) in [5.74, 6) is 3.40. The third-order valence-electron chi connectivity index (χ3n) is 12.0. The first-order valence-corrected chi connectivity index (χ1v) is 22.5. The van der Waals surface area contributed by atoms with E-state index in [1.807, 2.05) is 123 Å². The molecule has 0 saturated heterocycles. The quantitative estimate of drug-likeness (QED) is 0.101. The Balaban J connectivity index is 0.00000130. The number of hydrogen-bond acceptors (Lipinski definition) is 6. The second-order valence-electron chi connectivity index (χ2n) is 16.2. The van der Waals surface area contributed by atoms with Crippen molar-refractivity contribution in [2.24, 2.45) is 0 Å². The van der Waals surface area contributed by atoms with Gasteiger partial charge in [-0.15, -0.1) is 0 Å². The van der Waals surface area contributed by atoms with E-state index in [4.69, 9.17) is 29.1 Å². The van der Waals surface area contributed by atoms with Crippen molar-refractivity contribution in [1.29, 1.82) is 0 Å². The normalized spacial score (nSPS) is 11.2. The molecule has 8 aromatic carbocycles. The maximum Gasteiger partial charge on any atom is 0.164 e. The number of rotatable bonds is 10. The average Bonchev–Trinajstić information content (AvgIpc) is 4.00. The summed E-state index contributed by atoms with van der Waals surface area (Å²) in [6, 6.07) is 63.9. The van der Waals surface area contributed by atoms with Crippen LogP contribution in [-0.2, 0) is 0 Å². The van der Waals surface area contributed by atoms with E-state index in [0.29, 0.717) is 17.5 Å². The third kappa shape index (κ3) is 8.18. The number of imidazole rings is 1. The molecule has 0 spiro atoms. The van der Waals surface area contributed by atoms with E-state index in [2.05, 4.69) is 109 Å².